The summed E-state index contributed by atoms with van der Waals surface area (Å²) in [7, 11) is 0. The van der Waals surface area contributed by atoms with Gasteiger partial charge < -0.3 is 9.64 Å². The van der Waals surface area contributed by atoms with Crippen LogP contribution < -0.4 is 4.74 Å². The third-order valence-corrected chi connectivity index (χ3v) is 5.04. The molecule has 118 valence electrons. The number of hydrogen-bond donors (Lipinski definition) is 0. The lowest BCUT2D eigenvalue weighted by molar-refractivity contribution is -0.137. The summed E-state index contributed by atoms with van der Waals surface area (Å²) in [5.41, 5.74) is 1.29. The van der Waals surface area contributed by atoms with Gasteiger partial charge in [-0.2, -0.15) is 0 Å². The first-order valence-corrected chi connectivity index (χ1v) is 8.30. The van der Waals surface area contributed by atoms with Gasteiger partial charge in [-0.3, -0.25) is 4.79 Å². The van der Waals surface area contributed by atoms with E-state index in [9.17, 15) is 4.79 Å². The smallest absolute Gasteiger partial charge is 0.261 e. The quantitative estimate of drug-likeness (QED) is 0.804. The van der Waals surface area contributed by atoms with E-state index in [1.165, 1.54) is 11.0 Å². The Hall–Kier alpha value is -2.29. The fraction of sp³-hybridized carbons (Fsp3) is 0.350. The van der Waals surface area contributed by atoms with E-state index in [4.69, 9.17) is 4.74 Å². The number of hydrogen-bond acceptors (Lipinski definition) is 2. The van der Waals surface area contributed by atoms with Crippen molar-refractivity contribution in [2.24, 2.45) is 0 Å². The van der Waals surface area contributed by atoms with Gasteiger partial charge in [0.2, 0.25) is 0 Å². The van der Waals surface area contributed by atoms with Crippen molar-refractivity contribution in [3.8, 4) is 5.75 Å². The van der Waals surface area contributed by atoms with Crippen molar-refractivity contribution in [3.05, 3.63) is 54.6 Å². The lowest BCUT2D eigenvalue weighted by Crippen LogP contribution is -2.46. The summed E-state index contributed by atoms with van der Waals surface area (Å²) in [6.07, 6.45) is 4.12. The number of fused-ring (bicyclic) bond motifs is 3. The van der Waals surface area contributed by atoms with E-state index in [-0.39, 0.29) is 12.5 Å². The number of rotatable bonds is 3. The fourth-order valence-corrected chi connectivity index (χ4v) is 4.00. The minimum Gasteiger partial charge on any atom is -0.484 e. The van der Waals surface area contributed by atoms with Crippen LogP contribution in [0.15, 0.2) is 54.6 Å². The van der Waals surface area contributed by atoms with Crippen LogP contribution >= 0.6 is 0 Å². The third-order valence-electron chi connectivity index (χ3n) is 5.04. The molecule has 2 aromatic carbocycles. The van der Waals surface area contributed by atoms with Crippen molar-refractivity contribution in [2.75, 3.05) is 6.61 Å². The Morgan fingerprint density at radius 1 is 1.09 bits per heavy atom. The molecule has 2 bridgehead atoms. The van der Waals surface area contributed by atoms with Crippen LogP contribution in [0.3, 0.4) is 0 Å². The molecule has 23 heavy (non-hydrogen) atoms. The van der Waals surface area contributed by atoms with E-state index in [2.05, 4.69) is 23.6 Å². The van der Waals surface area contributed by atoms with E-state index >= 15 is 0 Å². The fourth-order valence-electron chi connectivity index (χ4n) is 4.00. The first-order chi connectivity index (χ1) is 11.2. The molecule has 0 aliphatic carbocycles. The summed E-state index contributed by atoms with van der Waals surface area (Å²) in [5.74, 6) is 0.865. The average Bonchev–Trinajstić information content (AvgIpc) is 2.84. The summed E-state index contributed by atoms with van der Waals surface area (Å²) >= 11 is 0. The second-order valence-corrected chi connectivity index (χ2v) is 6.64. The van der Waals surface area contributed by atoms with Crippen molar-refractivity contribution in [1.82, 2.24) is 4.90 Å². The second kappa shape index (κ2) is 5.73. The predicted octanol–water partition coefficient (Wildman–Crippen LogP) is 3.93. The molecule has 2 heterocycles. The van der Waals surface area contributed by atoms with Gasteiger partial charge in [0.05, 0.1) is 0 Å². The Labute approximate surface area is 136 Å². The van der Waals surface area contributed by atoms with Crippen LogP contribution in [0, 0.1) is 0 Å². The van der Waals surface area contributed by atoms with Crippen LogP contribution in [0.5, 0.6) is 5.75 Å². The Bertz CT molecular complexity index is 751. The van der Waals surface area contributed by atoms with E-state index in [0.29, 0.717) is 12.1 Å². The summed E-state index contributed by atoms with van der Waals surface area (Å²) in [5, 5.41) is 2.31. The number of ether oxygens (including phenoxy) is 1. The van der Waals surface area contributed by atoms with Gasteiger partial charge in [0.25, 0.3) is 5.91 Å². The molecule has 3 heteroatoms. The van der Waals surface area contributed by atoms with E-state index in [1.54, 1.807) is 0 Å². The molecule has 0 aromatic heterocycles. The van der Waals surface area contributed by atoms with Crippen LogP contribution in [0.4, 0.5) is 0 Å². The highest BCUT2D eigenvalue weighted by Crippen LogP contribution is 2.37. The van der Waals surface area contributed by atoms with Crippen molar-refractivity contribution < 1.29 is 9.53 Å². The largest absolute Gasteiger partial charge is 0.484 e. The minimum atomic E-state index is 0.109. The van der Waals surface area contributed by atoms with Crippen LogP contribution in [0.2, 0.25) is 0 Å². The Kier molecular flexibility index (Phi) is 3.56. The van der Waals surface area contributed by atoms with Crippen molar-refractivity contribution in [2.45, 2.75) is 37.8 Å². The lowest BCUT2D eigenvalue weighted by atomic mass is 9.98. The molecule has 2 unspecified atom stereocenters. The number of benzene rings is 2. The minimum absolute atomic E-state index is 0.109. The summed E-state index contributed by atoms with van der Waals surface area (Å²) in [6, 6.07) is 14.8. The third kappa shape index (κ3) is 2.72. The predicted molar refractivity (Wildman–Crippen MR) is 91.5 cm³/mol. The number of piperidine rings is 1. The highest BCUT2D eigenvalue weighted by Gasteiger charge is 2.40. The molecule has 2 aliphatic heterocycles. The van der Waals surface area contributed by atoms with Crippen molar-refractivity contribution >= 4 is 16.7 Å². The van der Waals surface area contributed by atoms with Gasteiger partial charge in [-0.15, -0.1) is 0 Å². The van der Waals surface area contributed by atoms with Crippen molar-refractivity contribution in [1.29, 1.82) is 0 Å². The summed E-state index contributed by atoms with van der Waals surface area (Å²) in [6.45, 7) is 4.22. The van der Waals surface area contributed by atoms with Crippen LogP contribution in [-0.2, 0) is 4.79 Å². The maximum absolute atomic E-state index is 12.6. The van der Waals surface area contributed by atoms with E-state index < -0.39 is 0 Å². The van der Waals surface area contributed by atoms with E-state index in [0.717, 1.165) is 36.8 Å². The molecule has 1 amide bonds. The summed E-state index contributed by atoms with van der Waals surface area (Å²) < 4.78 is 5.77. The zero-order valence-electron chi connectivity index (χ0n) is 13.2. The van der Waals surface area contributed by atoms with Crippen LogP contribution in [0.25, 0.3) is 10.8 Å². The van der Waals surface area contributed by atoms with Crippen molar-refractivity contribution in [3.63, 3.8) is 0 Å². The molecule has 2 saturated heterocycles. The monoisotopic (exact) mass is 307 g/mol. The molecule has 0 saturated carbocycles. The molecule has 2 atom stereocenters. The van der Waals surface area contributed by atoms with Gasteiger partial charge in [0.1, 0.15) is 5.75 Å². The normalized spacial score (nSPS) is 23.3. The molecule has 4 rings (SSSR count). The molecule has 0 N–H and O–H groups in total. The molecule has 0 spiro atoms. The van der Waals surface area contributed by atoms with Gasteiger partial charge in [0, 0.05) is 12.1 Å². The molecule has 0 radical (unpaired) electrons. The number of carbonyl (C=O) groups excluding carboxylic acids is 1. The molecule has 2 aromatic rings. The standard InChI is InChI=1S/C20H21NO2/c1-14-10-17-7-8-18(11-14)21(17)20(22)13-23-19-9-6-15-4-2-3-5-16(15)12-19/h2-6,9,12,17-18H,1,7-8,10-11,13H2. The maximum Gasteiger partial charge on any atom is 0.261 e. The first kappa shape index (κ1) is 14.3. The SMILES string of the molecule is C=C1CC2CCC(C1)N2C(=O)COc1ccc2ccccc2c1. The zero-order chi connectivity index (χ0) is 15.8. The van der Waals surface area contributed by atoms with Gasteiger partial charge >= 0.3 is 0 Å². The molecule has 3 nitrogen and oxygen atoms in total. The topological polar surface area (TPSA) is 29.5 Å². The second-order valence-electron chi connectivity index (χ2n) is 6.64. The molecule has 2 fully saturated rings. The average molecular weight is 307 g/mol. The number of carbonyl (C=O) groups is 1. The highest BCUT2D eigenvalue weighted by atomic mass is 16.5. The van der Waals surface area contributed by atoms with Crippen LogP contribution in [0.1, 0.15) is 25.7 Å². The van der Waals surface area contributed by atoms with Gasteiger partial charge in [-0.1, -0.05) is 42.5 Å². The molecular formula is C20H21NO2. The van der Waals surface area contributed by atoms with Gasteiger partial charge in [-0.05, 0) is 48.6 Å². The zero-order valence-corrected chi connectivity index (χ0v) is 13.2. The Morgan fingerprint density at radius 2 is 1.78 bits per heavy atom. The lowest BCUT2D eigenvalue weighted by Gasteiger charge is -2.35. The Balaban J connectivity index is 1.44. The molecule has 2 aliphatic rings. The first-order valence-electron chi connectivity index (χ1n) is 8.30. The highest BCUT2D eigenvalue weighted by molar-refractivity contribution is 5.84. The maximum atomic E-state index is 12.6. The van der Waals surface area contributed by atoms with Gasteiger partial charge in [-0.25, -0.2) is 0 Å². The van der Waals surface area contributed by atoms with E-state index in [1.807, 2.05) is 30.3 Å². The van der Waals surface area contributed by atoms with Crippen LogP contribution in [-0.4, -0.2) is 29.5 Å². The Morgan fingerprint density at radius 3 is 2.52 bits per heavy atom. The van der Waals surface area contributed by atoms with Gasteiger partial charge in [0.15, 0.2) is 6.61 Å². The summed E-state index contributed by atoms with van der Waals surface area (Å²) in [4.78, 5) is 14.6. The number of amides is 1. The number of nitrogens with zero attached hydrogens (tertiary/aromatic N) is 1. The molecular weight excluding hydrogens is 286 g/mol.